The zero-order chi connectivity index (χ0) is 26.0. The predicted octanol–water partition coefficient (Wildman–Crippen LogP) is 7.50. The Morgan fingerprint density at radius 3 is 1.91 bits per heavy atom. The van der Waals surface area contributed by atoms with Crippen LogP contribution in [-0.2, 0) is 19.1 Å². The second-order valence-corrected chi connectivity index (χ2v) is 9.65. The molecule has 204 valence electrons. The normalized spacial score (nSPS) is 12.1. The molecule has 0 aromatic rings. The number of unbranched alkanes of at least 4 members (excludes halogenated alkanes) is 12. The van der Waals surface area contributed by atoms with Crippen molar-refractivity contribution in [3.05, 3.63) is 12.2 Å². The van der Waals surface area contributed by atoms with Gasteiger partial charge in [-0.2, -0.15) is 0 Å². The average Bonchev–Trinajstić information content (AvgIpc) is 2.83. The minimum atomic E-state index is -1.03. The van der Waals surface area contributed by atoms with Crippen molar-refractivity contribution < 1.29 is 24.2 Å². The lowest BCUT2D eigenvalue weighted by Gasteiger charge is -2.18. The molecule has 0 aliphatic carbocycles. The summed E-state index contributed by atoms with van der Waals surface area (Å²) in [5.41, 5.74) is 0. The number of amides is 1. The van der Waals surface area contributed by atoms with Gasteiger partial charge in [-0.1, -0.05) is 83.8 Å². The number of hydrogen-bond donors (Lipinski definition) is 2. The maximum Gasteiger partial charge on any atom is 0.322 e. The number of carboxylic acids is 1. The van der Waals surface area contributed by atoms with Gasteiger partial charge in [-0.05, 0) is 57.8 Å². The Balaban J connectivity index is 4.01. The molecule has 0 aromatic heterocycles. The minimum absolute atomic E-state index is 0.0281. The second-order valence-electron chi connectivity index (χ2n) is 9.65. The maximum absolute atomic E-state index is 12.4. The number of rotatable bonds is 25. The van der Waals surface area contributed by atoms with Crippen LogP contribution in [0, 0.1) is 0 Å². The van der Waals surface area contributed by atoms with Gasteiger partial charge in [0.05, 0.1) is 0 Å². The summed E-state index contributed by atoms with van der Waals surface area (Å²) in [6, 6.07) is 0. The molecule has 1 atom stereocenters. The Morgan fingerprint density at radius 2 is 1.26 bits per heavy atom. The van der Waals surface area contributed by atoms with E-state index in [1.165, 1.54) is 64.2 Å². The number of ether oxygens (including phenoxy) is 1. The molecule has 0 saturated heterocycles. The third-order valence-electron chi connectivity index (χ3n) is 6.19. The van der Waals surface area contributed by atoms with Gasteiger partial charge in [0.1, 0.15) is 12.6 Å². The van der Waals surface area contributed by atoms with E-state index < -0.39 is 5.97 Å². The molecule has 0 heterocycles. The Labute approximate surface area is 214 Å². The number of carbonyl (C=O) groups excluding carboxylic acids is 2. The minimum Gasteiger partial charge on any atom is -0.480 e. The SMILES string of the molecule is CCCC/C=C\CCCCCCCC(=O)OC(CCCCCC)CCCCCC(=O)NCC(=O)O. The molecule has 1 unspecified atom stereocenters. The topological polar surface area (TPSA) is 92.7 Å². The van der Waals surface area contributed by atoms with Crippen LogP contribution in [-0.4, -0.2) is 35.6 Å². The van der Waals surface area contributed by atoms with Gasteiger partial charge in [-0.25, -0.2) is 0 Å². The molecule has 6 nitrogen and oxygen atoms in total. The molecular weight excluding hydrogens is 442 g/mol. The first-order chi connectivity index (χ1) is 17.0. The fraction of sp³-hybridized carbons (Fsp3) is 0.828. The van der Waals surface area contributed by atoms with Gasteiger partial charge in [0.15, 0.2) is 0 Å². The zero-order valence-corrected chi connectivity index (χ0v) is 22.7. The van der Waals surface area contributed by atoms with Gasteiger partial charge >= 0.3 is 11.9 Å². The highest BCUT2D eigenvalue weighted by atomic mass is 16.5. The van der Waals surface area contributed by atoms with Gasteiger partial charge in [-0.3, -0.25) is 14.4 Å². The van der Waals surface area contributed by atoms with Crippen molar-refractivity contribution in [1.29, 1.82) is 0 Å². The lowest BCUT2D eigenvalue weighted by molar-refractivity contribution is -0.150. The van der Waals surface area contributed by atoms with E-state index in [0.717, 1.165) is 51.4 Å². The summed E-state index contributed by atoms with van der Waals surface area (Å²) in [4.78, 5) is 34.5. The number of esters is 1. The fourth-order valence-corrected chi connectivity index (χ4v) is 4.02. The van der Waals surface area contributed by atoms with Crippen molar-refractivity contribution in [3.63, 3.8) is 0 Å². The Hall–Kier alpha value is -1.85. The summed E-state index contributed by atoms with van der Waals surface area (Å²) in [6.45, 7) is 4.08. The summed E-state index contributed by atoms with van der Waals surface area (Å²) in [6.07, 6.45) is 24.8. The molecule has 1 amide bonds. The molecule has 0 fully saturated rings. The fourth-order valence-electron chi connectivity index (χ4n) is 4.02. The molecule has 2 N–H and O–H groups in total. The lowest BCUT2D eigenvalue weighted by Crippen LogP contribution is -2.28. The van der Waals surface area contributed by atoms with Gasteiger partial charge in [0.25, 0.3) is 0 Å². The predicted molar refractivity (Wildman–Crippen MR) is 143 cm³/mol. The van der Waals surface area contributed by atoms with Crippen molar-refractivity contribution in [3.8, 4) is 0 Å². The van der Waals surface area contributed by atoms with Crippen LogP contribution in [0.4, 0.5) is 0 Å². The van der Waals surface area contributed by atoms with E-state index >= 15 is 0 Å². The van der Waals surface area contributed by atoms with Crippen LogP contribution in [0.2, 0.25) is 0 Å². The summed E-state index contributed by atoms with van der Waals surface area (Å²) in [7, 11) is 0. The van der Waals surface area contributed by atoms with Crippen LogP contribution < -0.4 is 5.32 Å². The van der Waals surface area contributed by atoms with Gasteiger partial charge in [-0.15, -0.1) is 0 Å². The van der Waals surface area contributed by atoms with Crippen molar-refractivity contribution in [2.45, 2.75) is 148 Å². The smallest absolute Gasteiger partial charge is 0.322 e. The zero-order valence-electron chi connectivity index (χ0n) is 22.7. The Kier molecular flexibility index (Phi) is 23.9. The average molecular weight is 496 g/mol. The van der Waals surface area contributed by atoms with E-state index in [-0.39, 0.29) is 24.5 Å². The lowest BCUT2D eigenvalue weighted by atomic mass is 10.0. The van der Waals surface area contributed by atoms with Crippen LogP contribution in [0.3, 0.4) is 0 Å². The van der Waals surface area contributed by atoms with Crippen molar-refractivity contribution in [2.24, 2.45) is 0 Å². The number of carbonyl (C=O) groups is 3. The van der Waals surface area contributed by atoms with Crippen LogP contribution in [0.5, 0.6) is 0 Å². The summed E-state index contributed by atoms with van der Waals surface area (Å²) < 4.78 is 5.82. The van der Waals surface area contributed by atoms with E-state index in [1.807, 2.05) is 0 Å². The maximum atomic E-state index is 12.4. The van der Waals surface area contributed by atoms with Crippen LogP contribution in [0.1, 0.15) is 142 Å². The van der Waals surface area contributed by atoms with Crippen LogP contribution >= 0.6 is 0 Å². The second kappa shape index (κ2) is 25.2. The summed E-state index contributed by atoms with van der Waals surface area (Å²) in [5.74, 6) is -1.33. The third kappa shape index (κ3) is 25.1. The molecule has 0 aliphatic heterocycles. The van der Waals surface area contributed by atoms with Crippen LogP contribution in [0.25, 0.3) is 0 Å². The largest absolute Gasteiger partial charge is 0.480 e. The Morgan fingerprint density at radius 1 is 0.714 bits per heavy atom. The number of nitrogens with one attached hydrogen (secondary N) is 1. The quantitative estimate of drug-likeness (QED) is 0.0777. The van der Waals surface area contributed by atoms with E-state index in [4.69, 9.17) is 9.84 Å². The molecule has 0 rings (SSSR count). The molecule has 0 aromatic carbocycles. The number of allylic oxidation sites excluding steroid dienone is 2. The first-order valence-electron chi connectivity index (χ1n) is 14.3. The summed E-state index contributed by atoms with van der Waals surface area (Å²) in [5, 5.41) is 11.0. The van der Waals surface area contributed by atoms with E-state index in [1.54, 1.807) is 0 Å². The molecular formula is C29H53NO5. The van der Waals surface area contributed by atoms with Crippen LogP contribution in [0.15, 0.2) is 12.2 Å². The first kappa shape index (κ1) is 33.1. The van der Waals surface area contributed by atoms with E-state index in [2.05, 4.69) is 31.3 Å². The Bertz CT molecular complexity index is 561. The molecule has 0 saturated carbocycles. The van der Waals surface area contributed by atoms with E-state index in [0.29, 0.717) is 12.8 Å². The number of aliphatic carboxylic acids is 1. The molecule has 0 aliphatic rings. The van der Waals surface area contributed by atoms with Crippen molar-refractivity contribution in [2.75, 3.05) is 6.54 Å². The van der Waals surface area contributed by atoms with Gasteiger partial charge < -0.3 is 15.2 Å². The first-order valence-corrected chi connectivity index (χ1v) is 14.3. The molecule has 0 spiro atoms. The monoisotopic (exact) mass is 495 g/mol. The van der Waals surface area contributed by atoms with Crippen molar-refractivity contribution >= 4 is 17.8 Å². The summed E-state index contributed by atoms with van der Waals surface area (Å²) >= 11 is 0. The number of carboxylic acid groups (broad SMARTS) is 1. The van der Waals surface area contributed by atoms with Gasteiger partial charge in [0, 0.05) is 12.8 Å². The highest BCUT2D eigenvalue weighted by molar-refractivity contribution is 5.80. The molecule has 6 heteroatoms. The molecule has 0 radical (unpaired) electrons. The highest BCUT2D eigenvalue weighted by Gasteiger charge is 2.14. The highest BCUT2D eigenvalue weighted by Crippen LogP contribution is 2.17. The molecule has 35 heavy (non-hydrogen) atoms. The van der Waals surface area contributed by atoms with E-state index in [9.17, 15) is 14.4 Å². The standard InChI is InChI=1S/C29H53NO5/c1-3-5-7-9-10-11-12-13-14-15-20-24-29(34)35-26(21-17-8-6-4-2)22-18-16-19-23-27(31)30-25-28(32)33/h9-10,26H,3-8,11-25H2,1-2H3,(H,30,31)(H,32,33)/b10-9-. The van der Waals surface area contributed by atoms with Gasteiger partial charge in [0.2, 0.25) is 5.91 Å². The third-order valence-corrected chi connectivity index (χ3v) is 6.19. The molecule has 0 bridgehead atoms. The number of hydrogen-bond acceptors (Lipinski definition) is 4. The van der Waals surface area contributed by atoms with Crippen molar-refractivity contribution in [1.82, 2.24) is 5.32 Å².